The predicted octanol–water partition coefficient (Wildman–Crippen LogP) is 1.64. The molecule has 1 saturated carbocycles. The van der Waals surface area contributed by atoms with E-state index in [-0.39, 0.29) is 6.04 Å². The van der Waals surface area contributed by atoms with Crippen LogP contribution in [0.3, 0.4) is 0 Å². The second kappa shape index (κ2) is 6.56. The first-order valence-electron chi connectivity index (χ1n) is 5.96. The van der Waals surface area contributed by atoms with Gasteiger partial charge in [-0.15, -0.1) is 0 Å². The smallest absolute Gasteiger partial charge is 0.383 e. The van der Waals surface area contributed by atoms with Gasteiger partial charge in [0, 0.05) is 32.3 Å². The minimum atomic E-state index is -4.13. The van der Waals surface area contributed by atoms with Gasteiger partial charge >= 0.3 is 6.18 Å². The molecule has 0 aromatic rings. The van der Waals surface area contributed by atoms with Crippen molar-refractivity contribution in [3.8, 4) is 0 Å². The lowest BCUT2D eigenvalue weighted by molar-refractivity contribution is -0.125. The summed E-state index contributed by atoms with van der Waals surface area (Å²) in [7, 11) is 1.64. The summed E-state index contributed by atoms with van der Waals surface area (Å²) < 4.78 is 41.0. The van der Waals surface area contributed by atoms with Crippen molar-refractivity contribution in [1.29, 1.82) is 0 Å². The zero-order valence-electron chi connectivity index (χ0n) is 10.4. The van der Waals surface area contributed by atoms with Crippen molar-refractivity contribution >= 4 is 0 Å². The Morgan fingerprint density at radius 2 is 2.06 bits per heavy atom. The van der Waals surface area contributed by atoms with Gasteiger partial charge in [0.25, 0.3) is 0 Å². The molecule has 1 N–H and O–H groups in total. The van der Waals surface area contributed by atoms with Crippen molar-refractivity contribution in [2.24, 2.45) is 0 Å². The molecule has 1 rings (SSSR count). The number of rotatable bonds is 8. The number of methoxy groups -OCH3 is 1. The Balaban J connectivity index is 2.24. The monoisotopic (exact) mass is 254 g/mol. The molecular formula is C11H21F3N2O. The van der Waals surface area contributed by atoms with Crippen molar-refractivity contribution in [3.05, 3.63) is 0 Å². The molecule has 0 bridgehead atoms. The van der Waals surface area contributed by atoms with E-state index in [9.17, 15) is 13.2 Å². The molecule has 6 heteroatoms. The third-order valence-corrected chi connectivity index (χ3v) is 2.90. The van der Waals surface area contributed by atoms with Gasteiger partial charge in [-0.3, -0.25) is 4.90 Å². The Morgan fingerprint density at radius 1 is 1.41 bits per heavy atom. The van der Waals surface area contributed by atoms with Crippen LogP contribution >= 0.6 is 0 Å². The fourth-order valence-corrected chi connectivity index (χ4v) is 1.91. The van der Waals surface area contributed by atoms with Crippen molar-refractivity contribution < 1.29 is 17.9 Å². The van der Waals surface area contributed by atoms with Crippen molar-refractivity contribution in [3.63, 3.8) is 0 Å². The van der Waals surface area contributed by atoms with E-state index in [2.05, 4.69) is 10.2 Å². The summed E-state index contributed by atoms with van der Waals surface area (Å²) in [5.41, 5.74) is 0. The largest absolute Gasteiger partial charge is 0.401 e. The lowest BCUT2D eigenvalue weighted by atomic mass is 10.2. The van der Waals surface area contributed by atoms with Gasteiger partial charge in [0.2, 0.25) is 0 Å². The first kappa shape index (κ1) is 14.7. The van der Waals surface area contributed by atoms with Gasteiger partial charge in [-0.25, -0.2) is 0 Å². The third kappa shape index (κ3) is 6.24. The average Bonchev–Trinajstić information content (AvgIpc) is 3.00. The van der Waals surface area contributed by atoms with E-state index in [4.69, 9.17) is 4.74 Å². The molecule has 0 heterocycles. The highest BCUT2D eigenvalue weighted by Crippen LogP contribution is 2.28. The van der Waals surface area contributed by atoms with Crippen molar-refractivity contribution in [2.45, 2.75) is 38.0 Å². The normalized spacial score (nSPS) is 18.7. The Labute approximate surface area is 100 Å². The van der Waals surface area contributed by atoms with Crippen LogP contribution in [0.1, 0.15) is 19.8 Å². The topological polar surface area (TPSA) is 24.5 Å². The second-order valence-corrected chi connectivity index (χ2v) is 4.56. The maximum atomic E-state index is 12.0. The van der Waals surface area contributed by atoms with Gasteiger partial charge in [-0.1, -0.05) is 0 Å². The Bertz CT molecular complexity index is 219. The number of nitrogens with one attached hydrogen (secondary N) is 1. The average molecular weight is 254 g/mol. The molecule has 0 spiro atoms. The van der Waals surface area contributed by atoms with E-state index in [1.54, 1.807) is 7.11 Å². The summed E-state index contributed by atoms with van der Waals surface area (Å²) in [6.07, 6.45) is -1.84. The first-order chi connectivity index (χ1) is 7.94. The predicted molar refractivity (Wildman–Crippen MR) is 60.0 cm³/mol. The third-order valence-electron chi connectivity index (χ3n) is 2.90. The lowest BCUT2D eigenvalue weighted by Crippen LogP contribution is -2.45. The number of hydrogen-bond donors (Lipinski definition) is 1. The highest BCUT2D eigenvalue weighted by molar-refractivity contribution is 4.88. The van der Waals surface area contributed by atoms with Crippen LogP contribution in [-0.4, -0.2) is 56.5 Å². The molecule has 1 atom stereocenters. The van der Waals surface area contributed by atoms with E-state index < -0.39 is 12.7 Å². The van der Waals surface area contributed by atoms with Crippen LogP contribution in [0.4, 0.5) is 13.2 Å². The van der Waals surface area contributed by atoms with E-state index in [0.717, 1.165) is 19.4 Å². The molecular weight excluding hydrogens is 233 g/mol. The summed E-state index contributed by atoms with van der Waals surface area (Å²) in [5, 5.41) is 2.46. The molecule has 0 aliphatic heterocycles. The van der Waals surface area contributed by atoms with Crippen LogP contribution in [0.25, 0.3) is 0 Å². The van der Waals surface area contributed by atoms with Gasteiger partial charge in [0.1, 0.15) is 0 Å². The standard InChI is InChI=1S/C11H21F3N2O/c1-9(7-15-8-11(12,13)14)16(5-6-17-2)10-3-4-10/h9-10,15H,3-8H2,1-2H3. The molecule has 0 amide bonds. The zero-order chi connectivity index (χ0) is 12.9. The van der Waals surface area contributed by atoms with E-state index in [0.29, 0.717) is 19.2 Å². The number of ether oxygens (including phenoxy) is 1. The fourth-order valence-electron chi connectivity index (χ4n) is 1.91. The van der Waals surface area contributed by atoms with Crippen molar-refractivity contribution in [1.82, 2.24) is 10.2 Å². The number of alkyl halides is 3. The maximum Gasteiger partial charge on any atom is 0.401 e. The first-order valence-corrected chi connectivity index (χ1v) is 5.96. The van der Waals surface area contributed by atoms with Crippen LogP contribution in [0.15, 0.2) is 0 Å². The molecule has 1 fully saturated rings. The van der Waals surface area contributed by atoms with E-state index >= 15 is 0 Å². The van der Waals surface area contributed by atoms with Crippen LogP contribution in [0.5, 0.6) is 0 Å². The van der Waals surface area contributed by atoms with E-state index in [1.807, 2.05) is 6.92 Å². The number of nitrogens with zero attached hydrogens (tertiary/aromatic N) is 1. The zero-order valence-corrected chi connectivity index (χ0v) is 10.4. The lowest BCUT2D eigenvalue weighted by Gasteiger charge is -2.29. The second-order valence-electron chi connectivity index (χ2n) is 4.56. The minimum absolute atomic E-state index is 0.111. The van der Waals surface area contributed by atoms with Gasteiger partial charge in [-0.2, -0.15) is 13.2 Å². The van der Waals surface area contributed by atoms with Crippen LogP contribution in [0.2, 0.25) is 0 Å². The Morgan fingerprint density at radius 3 is 2.53 bits per heavy atom. The molecule has 1 aliphatic rings. The van der Waals surface area contributed by atoms with E-state index in [1.165, 1.54) is 0 Å². The molecule has 3 nitrogen and oxygen atoms in total. The number of halogens is 3. The highest BCUT2D eigenvalue weighted by atomic mass is 19.4. The molecule has 17 heavy (non-hydrogen) atoms. The quantitative estimate of drug-likeness (QED) is 0.712. The Hall–Kier alpha value is -0.330. The van der Waals surface area contributed by atoms with Crippen LogP contribution < -0.4 is 5.32 Å². The summed E-state index contributed by atoms with van der Waals surface area (Å²) in [6, 6.07) is 0.646. The summed E-state index contributed by atoms with van der Waals surface area (Å²) in [4.78, 5) is 2.23. The summed E-state index contributed by atoms with van der Waals surface area (Å²) >= 11 is 0. The van der Waals surface area contributed by atoms with Gasteiger partial charge in [0.15, 0.2) is 0 Å². The molecule has 0 aromatic heterocycles. The fraction of sp³-hybridized carbons (Fsp3) is 1.00. The molecule has 0 saturated heterocycles. The SMILES string of the molecule is COCCN(C(C)CNCC(F)(F)F)C1CC1. The number of hydrogen-bond acceptors (Lipinski definition) is 3. The molecule has 1 unspecified atom stereocenters. The van der Waals surface area contributed by atoms with Crippen molar-refractivity contribution in [2.75, 3.05) is 33.4 Å². The van der Waals surface area contributed by atoms with Gasteiger partial charge < -0.3 is 10.1 Å². The van der Waals surface area contributed by atoms with Gasteiger partial charge in [-0.05, 0) is 19.8 Å². The summed E-state index contributed by atoms with van der Waals surface area (Å²) in [5.74, 6) is 0. The molecule has 1 aliphatic carbocycles. The minimum Gasteiger partial charge on any atom is -0.383 e. The van der Waals surface area contributed by atoms with Crippen LogP contribution in [0, 0.1) is 0 Å². The molecule has 0 radical (unpaired) electrons. The molecule has 0 aromatic carbocycles. The maximum absolute atomic E-state index is 12.0. The molecule has 102 valence electrons. The van der Waals surface area contributed by atoms with Gasteiger partial charge in [0.05, 0.1) is 13.2 Å². The summed E-state index contributed by atoms with van der Waals surface area (Å²) in [6.45, 7) is 2.81. The highest BCUT2D eigenvalue weighted by Gasteiger charge is 2.32. The Kier molecular flexibility index (Phi) is 5.69. The van der Waals surface area contributed by atoms with Crippen LogP contribution in [-0.2, 0) is 4.74 Å².